The molecule has 1 unspecified atom stereocenters. The van der Waals surface area contributed by atoms with Gasteiger partial charge in [-0.2, -0.15) is 0 Å². The third kappa shape index (κ3) is 6.65. The number of hydrogen-bond acceptors (Lipinski definition) is 9. The second-order valence-corrected chi connectivity index (χ2v) is 11.8. The molecule has 3 aromatic rings. The molecule has 0 aliphatic carbocycles. The van der Waals surface area contributed by atoms with Gasteiger partial charge in [-0.15, -0.1) is 23.5 Å². The Balaban J connectivity index is 1.52. The second-order valence-electron chi connectivity index (χ2n) is 9.75. The van der Waals surface area contributed by atoms with Crippen LogP contribution in [0.3, 0.4) is 0 Å². The van der Waals surface area contributed by atoms with Crippen LogP contribution in [0, 0.1) is 0 Å². The van der Waals surface area contributed by atoms with Crippen LogP contribution >= 0.6 is 23.5 Å². The van der Waals surface area contributed by atoms with Gasteiger partial charge in [-0.3, -0.25) is 14.5 Å². The van der Waals surface area contributed by atoms with Crippen LogP contribution in [0.15, 0.2) is 107 Å². The highest BCUT2D eigenvalue weighted by atomic mass is 32.2. The van der Waals surface area contributed by atoms with Crippen molar-refractivity contribution in [2.24, 2.45) is 4.99 Å². The first-order chi connectivity index (χ1) is 20.9. The number of amides is 1. The molecular weight excluding hydrogens is 585 g/mol. The number of thioether (sulfide) groups is 2. The zero-order valence-electron chi connectivity index (χ0n) is 24.0. The highest BCUT2D eigenvalue weighted by Crippen LogP contribution is 2.45. The predicted octanol–water partition coefficient (Wildman–Crippen LogP) is 5.59. The molecule has 2 aliphatic rings. The summed E-state index contributed by atoms with van der Waals surface area (Å²) in [4.78, 5) is 46.1. The summed E-state index contributed by atoms with van der Waals surface area (Å²) in [5.74, 6) is -0.794. The van der Waals surface area contributed by atoms with Crippen molar-refractivity contribution < 1.29 is 28.6 Å². The molecule has 0 aromatic heterocycles. The van der Waals surface area contributed by atoms with Gasteiger partial charge in [-0.1, -0.05) is 78.9 Å². The first-order valence-corrected chi connectivity index (χ1v) is 16.2. The largest absolute Gasteiger partial charge is 0.478 e. The minimum atomic E-state index is -0.765. The fraction of sp³-hybridized carbons (Fsp3) is 0.273. The molecule has 10 heteroatoms. The average molecular weight is 617 g/mol. The van der Waals surface area contributed by atoms with E-state index >= 15 is 0 Å². The van der Waals surface area contributed by atoms with Crippen molar-refractivity contribution in [2.75, 3.05) is 18.6 Å². The lowest BCUT2D eigenvalue weighted by Crippen LogP contribution is -2.65. The van der Waals surface area contributed by atoms with E-state index in [0.717, 1.165) is 16.7 Å². The Kier molecular flexibility index (Phi) is 9.89. The lowest BCUT2D eigenvalue weighted by atomic mass is 10.0. The van der Waals surface area contributed by atoms with Crippen LogP contribution in [0.5, 0.6) is 0 Å². The first-order valence-electron chi connectivity index (χ1n) is 13.9. The van der Waals surface area contributed by atoms with Crippen molar-refractivity contribution in [1.82, 2.24) is 4.90 Å². The van der Waals surface area contributed by atoms with E-state index in [1.54, 1.807) is 6.26 Å². The van der Waals surface area contributed by atoms with Crippen molar-refractivity contribution in [3.05, 3.63) is 119 Å². The van der Waals surface area contributed by atoms with Gasteiger partial charge >= 0.3 is 11.9 Å². The van der Waals surface area contributed by atoms with Gasteiger partial charge in [0.05, 0.1) is 6.61 Å². The number of ether oxygens (including phenoxy) is 3. The zero-order valence-corrected chi connectivity index (χ0v) is 25.7. The van der Waals surface area contributed by atoms with E-state index in [4.69, 9.17) is 19.2 Å². The summed E-state index contributed by atoms with van der Waals surface area (Å²) in [7, 11) is 0. The number of benzene rings is 3. The topological polar surface area (TPSA) is 94.5 Å². The molecule has 0 N–H and O–H groups in total. The van der Waals surface area contributed by atoms with Crippen LogP contribution in [0.4, 0.5) is 0 Å². The fourth-order valence-electron chi connectivity index (χ4n) is 4.98. The Morgan fingerprint density at radius 2 is 1.53 bits per heavy atom. The molecule has 43 heavy (non-hydrogen) atoms. The van der Waals surface area contributed by atoms with Gasteiger partial charge in [0.25, 0.3) is 5.91 Å². The van der Waals surface area contributed by atoms with Gasteiger partial charge in [-0.05, 0) is 36.4 Å². The normalized spacial score (nSPS) is 18.9. The molecule has 0 saturated carbocycles. The number of carbonyl (C=O) groups excluding carboxylic acids is 3. The van der Waals surface area contributed by atoms with Gasteiger partial charge in [0.1, 0.15) is 11.1 Å². The summed E-state index contributed by atoms with van der Waals surface area (Å²) < 4.78 is 17.6. The second kappa shape index (κ2) is 14.0. The molecule has 8 nitrogen and oxygen atoms in total. The molecule has 0 radical (unpaired) electrons. The molecule has 222 valence electrons. The number of fused-ring (bicyclic) bond motifs is 1. The Morgan fingerprint density at radius 3 is 2.07 bits per heavy atom. The lowest BCUT2D eigenvalue weighted by molar-refractivity contribution is -0.153. The van der Waals surface area contributed by atoms with Crippen LogP contribution in [0.1, 0.15) is 36.6 Å². The van der Waals surface area contributed by atoms with Crippen molar-refractivity contribution in [3.63, 3.8) is 0 Å². The molecule has 2 aliphatic heterocycles. The zero-order chi connectivity index (χ0) is 30.3. The third-order valence-corrected chi connectivity index (χ3v) is 9.02. The molecule has 3 atom stereocenters. The van der Waals surface area contributed by atoms with Crippen LogP contribution < -0.4 is 0 Å². The van der Waals surface area contributed by atoms with E-state index in [9.17, 15) is 14.4 Å². The monoisotopic (exact) mass is 616 g/mol. The lowest BCUT2D eigenvalue weighted by Gasteiger charge is -2.48. The number of aliphatic imine (C=N–C) groups is 1. The van der Waals surface area contributed by atoms with Gasteiger partial charge in [0.15, 0.2) is 17.6 Å². The first kappa shape index (κ1) is 30.4. The summed E-state index contributed by atoms with van der Waals surface area (Å²) in [6.45, 7) is 3.56. The Morgan fingerprint density at radius 1 is 0.953 bits per heavy atom. The van der Waals surface area contributed by atoms with Crippen LogP contribution in [-0.4, -0.2) is 64.1 Å². The minimum absolute atomic E-state index is 0.0929. The molecular formula is C33H32N2O6S2. The fourth-order valence-corrected chi connectivity index (χ4v) is 7.15. The van der Waals surface area contributed by atoms with Gasteiger partial charge < -0.3 is 14.2 Å². The minimum Gasteiger partial charge on any atom is -0.478 e. The Labute approximate surface area is 259 Å². The van der Waals surface area contributed by atoms with Crippen LogP contribution in [-0.2, 0) is 28.6 Å². The van der Waals surface area contributed by atoms with E-state index in [-0.39, 0.29) is 11.6 Å². The highest BCUT2D eigenvalue weighted by molar-refractivity contribution is 8.01. The average Bonchev–Trinajstić information content (AvgIpc) is 3.04. The summed E-state index contributed by atoms with van der Waals surface area (Å²) >= 11 is 2.74. The predicted molar refractivity (Wildman–Crippen MR) is 168 cm³/mol. The van der Waals surface area contributed by atoms with E-state index in [2.05, 4.69) is 0 Å². The van der Waals surface area contributed by atoms with E-state index in [0.29, 0.717) is 23.8 Å². The molecule has 2 heterocycles. The summed E-state index contributed by atoms with van der Waals surface area (Å²) in [6, 6.07) is 27.5. The Bertz CT molecular complexity index is 1470. The van der Waals surface area contributed by atoms with Crippen molar-refractivity contribution in [1.29, 1.82) is 0 Å². The number of carbonyl (C=O) groups is 3. The van der Waals surface area contributed by atoms with Gasteiger partial charge in [0, 0.05) is 23.8 Å². The maximum atomic E-state index is 14.2. The number of nitrogens with zero attached hydrogens (tertiary/aromatic N) is 2. The smallest absolute Gasteiger partial charge is 0.356 e. The van der Waals surface area contributed by atoms with E-state index in [1.807, 2.05) is 97.9 Å². The molecule has 3 aromatic carbocycles. The number of esters is 2. The maximum Gasteiger partial charge on any atom is 0.356 e. The van der Waals surface area contributed by atoms with Crippen molar-refractivity contribution in [2.45, 2.75) is 36.8 Å². The molecule has 5 rings (SSSR count). The van der Waals surface area contributed by atoms with Crippen LogP contribution in [0.25, 0.3) is 0 Å². The number of β-lactam (4-membered cyclic amide) rings is 1. The third-order valence-electron chi connectivity index (χ3n) is 6.92. The number of hydrogen-bond donors (Lipinski definition) is 0. The van der Waals surface area contributed by atoms with Crippen molar-refractivity contribution >= 4 is 47.3 Å². The summed E-state index contributed by atoms with van der Waals surface area (Å²) in [6.07, 6.45) is 1.07. The van der Waals surface area contributed by atoms with E-state index in [1.165, 1.54) is 35.3 Å². The maximum absolute atomic E-state index is 14.2. The number of rotatable bonds is 10. The van der Waals surface area contributed by atoms with Crippen molar-refractivity contribution in [3.8, 4) is 0 Å². The standard InChI is InChI=1S/C33H32N2O6S2/c1-4-39-29(24-18-12-7-13-19-24)34-26-30(37)35-27(25(20-43-31(26)35)33(42-3)40-21(2)36)32(38)41-28(22-14-8-5-9-15-22)23-16-10-6-11-17-23/h5-19,26,28,31,33H,4,20H2,1-3H3/t26-,31+,33?/m0/s1. The molecule has 1 saturated heterocycles. The molecule has 1 fully saturated rings. The SMILES string of the molecule is CCOC(=N[C@H]1C(=O)N2C(C(=O)OC(c3ccccc3)c3ccccc3)=C(C(OC(C)=O)SC)CS[C@H]12)c1ccccc1. The van der Waals surface area contributed by atoms with Crippen LogP contribution in [0.2, 0.25) is 0 Å². The Hall–Kier alpha value is -4.02. The highest BCUT2D eigenvalue weighted by Gasteiger charge is 2.55. The van der Waals surface area contributed by atoms with E-state index < -0.39 is 34.9 Å². The summed E-state index contributed by atoms with van der Waals surface area (Å²) in [5, 5.41) is -0.454. The molecule has 1 amide bonds. The van der Waals surface area contributed by atoms with Gasteiger partial charge in [0.2, 0.25) is 5.90 Å². The van der Waals surface area contributed by atoms with Gasteiger partial charge in [-0.25, -0.2) is 9.79 Å². The quantitative estimate of drug-likeness (QED) is 0.0957. The summed E-state index contributed by atoms with van der Waals surface area (Å²) in [5.41, 5.74) is 2.17. The molecule has 0 spiro atoms. The molecule has 0 bridgehead atoms.